The summed E-state index contributed by atoms with van der Waals surface area (Å²) < 4.78 is 5.39. The van der Waals surface area contributed by atoms with Crippen LogP contribution in [0.3, 0.4) is 0 Å². The number of hydrogen-bond acceptors (Lipinski definition) is 3. The molecule has 1 aromatic rings. The molecule has 3 nitrogen and oxygen atoms in total. The summed E-state index contributed by atoms with van der Waals surface area (Å²) >= 11 is 0. The first-order valence-corrected chi connectivity index (χ1v) is 5.87. The van der Waals surface area contributed by atoms with Gasteiger partial charge in [0, 0.05) is 38.3 Å². The lowest BCUT2D eigenvalue weighted by atomic mass is 10.1. The van der Waals surface area contributed by atoms with E-state index in [1.165, 1.54) is 17.7 Å². The third-order valence-corrected chi connectivity index (χ3v) is 3.14. The molecule has 88 valence electrons. The molecule has 0 bridgehead atoms. The molecular formula is C13H20N2O. The molecule has 0 amide bonds. The lowest BCUT2D eigenvalue weighted by Crippen LogP contribution is -2.25. The molecule has 1 aromatic carbocycles. The fraction of sp³-hybridized carbons (Fsp3) is 0.538. The molecule has 0 aliphatic carbocycles. The van der Waals surface area contributed by atoms with Crippen molar-refractivity contribution >= 4 is 5.69 Å². The van der Waals surface area contributed by atoms with Gasteiger partial charge in [0.15, 0.2) is 0 Å². The Bertz CT molecular complexity index is 334. The average molecular weight is 220 g/mol. The second-order valence-corrected chi connectivity index (χ2v) is 4.48. The van der Waals surface area contributed by atoms with E-state index in [1.54, 1.807) is 0 Å². The van der Waals surface area contributed by atoms with Crippen LogP contribution >= 0.6 is 0 Å². The zero-order chi connectivity index (χ0) is 11.4. The van der Waals surface area contributed by atoms with Crippen molar-refractivity contribution in [2.24, 2.45) is 11.7 Å². The smallest absolute Gasteiger partial charge is 0.0512 e. The van der Waals surface area contributed by atoms with E-state index in [-0.39, 0.29) is 0 Å². The first-order valence-electron chi connectivity index (χ1n) is 5.87. The predicted molar refractivity (Wildman–Crippen MR) is 66.5 cm³/mol. The minimum atomic E-state index is 0.605. The van der Waals surface area contributed by atoms with Crippen LogP contribution in [0.25, 0.3) is 0 Å². The summed E-state index contributed by atoms with van der Waals surface area (Å²) in [4.78, 5) is 2.29. The summed E-state index contributed by atoms with van der Waals surface area (Å²) in [5, 5.41) is 0. The van der Waals surface area contributed by atoms with Gasteiger partial charge in [-0.1, -0.05) is 12.1 Å². The molecule has 3 heteroatoms. The van der Waals surface area contributed by atoms with Crippen molar-refractivity contribution in [3.63, 3.8) is 0 Å². The average Bonchev–Trinajstić information content (AvgIpc) is 2.82. The van der Waals surface area contributed by atoms with Crippen molar-refractivity contribution in [3.05, 3.63) is 29.8 Å². The Balaban J connectivity index is 1.98. The van der Waals surface area contributed by atoms with Crippen LogP contribution in [0.2, 0.25) is 0 Å². The van der Waals surface area contributed by atoms with Gasteiger partial charge in [0.2, 0.25) is 0 Å². The van der Waals surface area contributed by atoms with Crippen molar-refractivity contribution in [2.45, 2.75) is 13.0 Å². The molecule has 16 heavy (non-hydrogen) atoms. The van der Waals surface area contributed by atoms with Crippen molar-refractivity contribution in [2.75, 3.05) is 31.7 Å². The van der Waals surface area contributed by atoms with Crippen LogP contribution in [0.15, 0.2) is 24.3 Å². The molecule has 1 aliphatic rings. The highest BCUT2D eigenvalue weighted by Crippen LogP contribution is 2.19. The van der Waals surface area contributed by atoms with Gasteiger partial charge in [0.25, 0.3) is 0 Å². The first-order chi connectivity index (χ1) is 7.79. The first kappa shape index (κ1) is 11.4. The maximum absolute atomic E-state index is 5.64. The topological polar surface area (TPSA) is 38.5 Å². The largest absolute Gasteiger partial charge is 0.381 e. The number of nitrogens with zero attached hydrogens (tertiary/aromatic N) is 1. The lowest BCUT2D eigenvalue weighted by Gasteiger charge is -2.22. The van der Waals surface area contributed by atoms with E-state index in [9.17, 15) is 0 Å². The number of benzene rings is 1. The Kier molecular flexibility index (Phi) is 3.80. The zero-order valence-electron chi connectivity index (χ0n) is 9.86. The van der Waals surface area contributed by atoms with Crippen LogP contribution in [-0.2, 0) is 11.3 Å². The van der Waals surface area contributed by atoms with Gasteiger partial charge >= 0.3 is 0 Å². The van der Waals surface area contributed by atoms with E-state index in [0.29, 0.717) is 12.5 Å². The normalized spacial score (nSPS) is 20.0. The van der Waals surface area contributed by atoms with Gasteiger partial charge in [-0.15, -0.1) is 0 Å². The van der Waals surface area contributed by atoms with Gasteiger partial charge in [0.1, 0.15) is 0 Å². The molecule has 2 N–H and O–H groups in total. The maximum Gasteiger partial charge on any atom is 0.0512 e. The highest BCUT2D eigenvalue weighted by molar-refractivity contribution is 5.47. The van der Waals surface area contributed by atoms with E-state index in [2.05, 4.69) is 36.2 Å². The minimum Gasteiger partial charge on any atom is -0.381 e. The monoisotopic (exact) mass is 220 g/mol. The summed E-state index contributed by atoms with van der Waals surface area (Å²) in [5.74, 6) is 0.673. The van der Waals surface area contributed by atoms with Crippen molar-refractivity contribution in [1.29, 1.82) is 0 Å². The molecular weight excluding hydrogens is 200 g/mol. The number of anilines is 1. The standard InChI is InChI=1S/C13H20N2O/c1-15(9-12-5-6-16-10-12)13-4-2-3-11(7-13)8-14/h2-4,7,12H,5-6,8-10,14H2,1H3. The Morgan fingerprint density at radius 1 is 1.50 bits per heavy atom. The van der Waals surface area contributed by atoms with Gasteiger partial charge < -0.3 is 15.4 Å². The van der Waals surface area contributed by atoms with E-state index in [4.69, 9.17) is 10.5 Å². The number of nitrogens with two attached hydrogens (primary N) is 1. The SMILES string of the molecule is CN(CC1CCOC1)c1cccc(CN)c1. The second-order valence-electron chi connectivity index (χ2n) is 4.48. The fourth-order valence-corrected chi connectivity index (χ4v) is 2.14. The van der Waals surface area contributed by atoms with Gasteiger partial charge in [-0.2, -0.15) is 0 Å². The van der Waals surface area contributed by atoms with Crippen LogP contribution in [0.1, 0.15) is 12.0 Å². The number of ether oxygens (including phenoxy) is 1. The highest BCUT2D eigenvalue weighted by Gasteiger charge is 2.17. The third kappa shape index (κ3) is 2.74. The lowest BCUT2D eigenvalue weighted by molar-refractivity contribution is 0.186. The molecule has 0 saturated carbocycles. The molecule has 0 radical (unpaired) electrons. The Labute approximate surface area is 97.2 Å². The molecule has 0 aromatic heterocycles. The minimum absolute atomic E-state index is 0.605. The van der Waals surface area contributed by atoms with E-state index < -0.39 is 0 Å². The summed E-state index contributed by atoms with van der Waals surface area (Å²) in [6, 6.07) is 8.43. The van der Waals surface area contributed by atoms with Crippen molar-refractivity contribution in [1.82, 2.24) is 0 Å². The van der Waals surface area contributed by atoms with Crippen molar-refractivity contribution < 1.29 is 4.74 Å². The van der Waals surface area contributed by atoms with Crippen LogP contribution in [-0.4, -0.2) is 26.8 Å². The van der Waals surface area contributed by atoms with Gasteiger partial charge in [0.05, 0.1) is 6.61 Å². The maximum atomic E-state index is 5.64. The van der Waals surface area contributed by atoms with Crippen LogP contribution < -0.4 is 10.6 Å². The fourth-order valence-electron chi connectivity index (χ4n) is 2.14. The van der Waals surface area contributed by atoms with Crippen LogP contribution in [0.5, 0.6) is 0 Å². The summed E-state index contributed by atoms with van der Waals surface area (Å²) in [6.07, 6.45) is 1.18. The molecule has 1 fully saturated rings. The van der Waals surface area contributed by atoms with Gasteiger partial charge in [-0.25, -0.2) is 0 Å². The Morgan fingerprint density at radius 2 is 2.38 bits per heavy atom. The second kappa shape index (κ2) is 5.32. The summed E-state index contributed by atoms with van der Waals surface area (Å²) in [7, 11) is 2.13. The van der Waals surface area contributed by atoms with Gasteiger partial charge in [-0.05, 0) is 24.1 Å². The molecule has 1 heterocycles. The molecule has 1 saturated heterocycles. The third-order valence-electron chi connectivity index (χ3n) is 3.14. The van der Waals surface area contributed by atoms with E-state index in [0.717, 1.165) is 19.8 Å². The predicted octanol–water partition coefficient (Wildman–Crippen LogP) is 1.62. The zero-order valence-corrected chi connectivity index (χ0v) is 9.86. The van der Waals surface area contributed by atoms with E-state index >= 15 is 0 Å². The Hall–Kier alpha value is -1.06. The summed E-state index contributed by atoms with van der Waals surface area (Å²) in [6.45, 7) is 3.49. The Morgan fingerprint density at radius 3 is 3.06 bits per heavy atom. The van der Waals surface area contributed by atoms with E-state index in [1.807, 2.05) is 0 Å². The molecule has 0 spiro atoms. The molecule has 1 unspecified atom stereocenters. The van der Waals surface area contributed by atoms with Crippen LogP contribution in [0.4, 0.5) is 5.69 Å². The molecule has 1 atom stereocenters. The van der Waals surface area contributed by atoms with Crippen LogP contribution in [0, 0.1) is 5.92 Å². The summed E-state index contributed by atoms with van der Waals surface area (Å²) in [5.41, 5.74) is 8.08. The highest BCUT2D eigenvalue weighted by atomic mass is 16.5. The van der Waals surface area contributed by atoms with Gasteiger partial charge in [-0.3, -0.25) is 0 Å². The number of hydrogen-bond donors (Lipinski definition) is 1. The number of rotatable bonds is 4. The quantitative estimate of drug-likeness (QED) is 0.838. The molecule has 2 rings (SSSR count). The van der Waals surface area contributed by atoms with Crippen molar-refractivity contribution in [3.8, 4) is 0 Å². The molecule has 1 aliphatic heterocycles.